The highest BCUT2D eigenvalue weighted by atomic mass is 32.1. The van der Waals surface area contributed by atoms with Gasteiger partial charge in [-0.1, -0.05) is 6.07 Å². The Morgan fingerprint density at radius 3 is 2.54 bits per heavy atom. The van der Waals surface area contributed by atoms with Crippen LogP contribution in [0.2, 0.25) is 0 Å². The summed E-state index contributed by atoms with van der Waals surface area (Å²) in [4.78, 5) is 10.5. The van der Waals surface area contributed by atoms with Gasteiger partial charge in [0.15, 0.2) is 0 Å². The molecule has 3 aromatic rings. The van der Waals surface area contributed by atoms with Crippen LogP contribution in [0.15, 0.2) is 35.7 Å². The third-order valence-electron chi connectivity index (χ3n) is 3.22. The van der Waals surface area contributed by atoms with Crippen molar-refractivity contribution in [2.24, 2.45) is 0 Å². The molecule has 0 aliphatic rings. The predicted octanol–water partition coefficient (Wildman–Crippen LogP) is 5.05. The molecule has 0 amide bonds. The van der Waals surface area contributed by atoms with Crippen LogP contribution in [0.5, 0.6) is 11.6 Å². The molecule has 0 fully saturated rings. The maximum absolute atomic E-state index is 6.02. The number of aromatic nitrogens is 2. The normalized spacial score (nSPS) is 12.0. The molecule has 0 spiro atoms. The van der Waals surface area contributed by atoms with E-state index in [0.717, 1.165) is 27.4 Å². The van der Waals surface area contributed by atoms with Gasteiger partial charge in [-0.05, 0) is 56.5 Å². The quantitative estimate of drug-likeness (QED) is 0.667. The molecule has 24 heavy (non-hydrogen) atoms. The van der Waals surface area contributed by atoms with Gasteiger partial charge in [0.25, 0.3) is 0 Å². The zero-order valence-corrected chi connectivity index (χ0v) is 15.1. The molecule has 124 valence electrons. The van der Waals surface area contributed by atoms with Crippen LogP contribution in [-0.4, -0.2) is 22.7 Å². The van der Waals surface area contributed by atoms with E-state index in [1.807, 2.05) is 62.6 Å². The number of hydrogen-bond donors (Lipinski definition) is 0. The molecule has 0 aliphatic carbocycles. The summed E-state index contributed by atoms with van der Waals surface area (Å²) in [6, 6.07) is 9.74. The Hall–Kier alpha value is -2.40. The lowest BCUT2D eigenvalue weighted by Crippen LogP contribution is -2.24. The summed E-state index contributed by atoms with van der Waals surface area (Å²) in [6.07, 6.45) is 3.98. The molecule has 0 saturated heterocycles. The van der Waals surface area contributed by atoms with Gasteiger partial charge < -0.3 is 9.47 Å². The van der Waals surface area contributed by atoms with Crippen molar-refractivity contribution < 1.29 is 9.47 Å². The molecule has 2 aromatic heterocycles. The van der Waals surface area contributed by atoms with Crippen LogP contribution >= 0.6 is 11.3 Å². The maximum Gasteiger partial charge on any atom is 0.241 e. The largest absolute Gasteiger partial charge is 0.497 e. The van der Waals surface area contributed by atoms with Crippen LogP contribution in [0.1, 0.15) is 31.3 Å². The zero-order chi connectivity index (χ0) is 17.2. The molecule has 5 heteroatoms. The van der Waals surface area contributed by atoms with E-state index in [1.54, 1.807) is 18.4 Å². The molecule has 0 N–H and O–H groups in total. The number of nitrogens with zero attached hydrogens (tertiary/aromatic N) is 2. The van der Waals surface area contributed by atoms with Gasteiger partial charge in [-0.3, -0.25) is 0 Å². The lowest BCUT2D eigenvalue weighted by atomic mass is 10.2. The number of benzene rings is 1. The fourth-order valence-electron chi connectivity index (χ4n) is 2.18. The number of fused-ring (bicyclic) bond motifs is 1. The number of methoxy groups -OCH3 is 1. The monoisotopic (exact) mass is 340 g/mol. The smallest absolute Gasteiger partial charge is 0.241 e. The van der Waals surface area contributed by atoms with E-state index in [-0.39, 0.29) is 5.60 Å². The van der Waals surface area contributed by atoms with Gasteiger partial charge in [-0.25, -0.2) is 9.97 Å². The van der Waals surface area contributed by atoms with Crippen molar-refractivity contribution in [1.82, 2.24) is 9.97 Å². The standard InChI is InChI=1S/C19H20N2O2S/c1-19(2,3)23-18-16(10-8-14-6-5-11-24-14)20-15-9-7-13(22-4)12-17(15)21-18/h5-12H,1-4H3/b10-8-. The van der Waals surface area contributed by atoms with E-state index >= 15 is 0 Å². The third kappa shape index (κ3) is 3.92. The molecule has 0 saturated carbocycles. The average molecular weight is 340 g/mol. The molecule has 1 aromatic carbocycles. The Morgan fingerprint density at radius 2 is 1.88 bits per heavy atom. The van der Waals surface area contributed by atoms with E-state index in [0.29, 0.717) is 5.88 Å². The summed E-state index contributed by atoms with van der Waals surface area (Å²) >= 11 is 1.68. The Labute approximate surface area is 145 Å². The van der Waals surface area contributed by atoms with Crippen molar-refractivity contribution in [3.05, 3.63) is 46.3 Å². The first-order valence-electron chi connectivity index (χ1n) is 7.71. The van der Waals surface area contributed by atoms with Gasteiger partial charge in [0.2, 0.25) is 5.88 Å². The highest BCUT2D eigenvalue weighted by Gasteiger charge is 2.17. The number of ether oxygens (including phenoxy) is 2. The summed E-state index contributed by atoms with van der Waals surface area (Å²) in [5.41, 5.74) is 1.92. The first-order chi connectivity index (χ1) is 11.4. The van der Waals surface area contributed by atoms with Gasteiger partial charge in [-0.15, -0.1) is 11.3 Å². The van der Waals surface area contributed by atoms with Crippen molar-refractivity contribution in [2.75, 3.05) is 7.11 Å². The Balaban J connectivity index is 2.08. The van der Waals surface area contributed by atoms with Crippen molar-refractivity contribution in [3.8, 4) is 11.6 Å². The van der Waals surface area contributed by atoms with Crippen LogP contribution < -0.4 is 9.47 Å². The average Bonchev–Trinajstić information content (AvgIpc) is 3.04. The van der Waals surface area contributed by atoms with Crippen LogP contribution in [0.3, 0.4) is 0 Å². The van der Waals surface area contributed by atoms with Crippen LogP contribution in [0.4, 0.5) is 0 Å². The van der Waals surface area contributed by atoms with Crippen LogP contribution in [-0.2, 0) is 0 Å². The molecule has 0 unspecified atom stereocenters. The first kappa shape index (κ1) is 16.5. The molecular formula is C19H20N2O2S. The predicted molar refractivity (Wildman–Crippen MR) is 99.7 cm³/mol. The van der Waals surface area contributed by atoms with Crippen molar-refractivity contribution in [3.63, 3.8) is 0 Å². The first-order valence-corrected chi connectivity index (χ1v) is 8.59. The number of thiophene rings is 1. The number of rotatable bonds is 4. The van der Waals surface area contributed by atoms with Gasteiger partial charge >= 0.3 is 0 Å². The minimum absolute atomic E-state index is 0.354. The van der Waals surface area contributed by atoms with Gasteiger partial charge in [0, 0.05) is 10.9 Å². The van der Waals surface area contributed by atoms with E-state index in [1.165, 1.54) is 0 Å². The zero-order valence-electron chi connectivity index (χ0n) is 14.2. The lowest BCUT2D eigenvalue weighted by Gasteiger charge is -2.21. The highest BCUT2D eigenvalue weighted by molar-refractivity contribution is 7.10. The summed E-state index contributed by atoms with van der Waals surface area (Å²) in [5.74, 6) is 1.27. The van der Waals surface area contributed by atoms with Crippen molar-refractivity contribution in [1.29, 1.82) is 0 Å². The second-order valence-electron chi connectivity index (χ2n) is 6.33. The van der Waals surface area contributed by atoms with Crippen molar-refractivity contribution in [2.45, 2.75) is 26.4 Å². The Kier molecular flexibility index (Phi) is 4.53. The third-order valence-corrected chi connectivity index (χ3v) is 4.05. The molecule has 0 radical (unpaired) electrons. The molecule has 0 atom stereocenters. The fraction of sp³-hybridized carbons (Fsp3) is 0.263. The maximum atomic E-state index is 6.02. The summed E-state index contributed by atoms with van der Waals surface area (Å²) in [5, 5.41) is 2.05. The van der Waals surface area contributed by atoms with E-state index in [2.05, 4.69) is 11.1 Å². The second kappa shape index (κ2) is 6.61. The Bertz CT molecular complexity index is 865. The molecule has 0 bridgehead atoms. The van der Waals surface area contributed by atoms with Crippen molar-refractivity contribution >= 4 is 34.5 Å². The van der Waals surface area contributed by atoms with E-state index < -0.39 is 0 Å². The minimum atomic E-state index is -0.354. The lowest BCUT2D eigenvalue weighted by molar-refractivity contribution is 0.123. The fourth-order valence-corrected chi connectivity index (χ4v) is 2.80. The molecule has 3 rings (SSSR count). The SMILES string of the molecule is COc1ccc2nc(/C=C\c3cccs3)c(OC(C)(C)C)nc2c1. The van der Waals surface area contributed by atoms with Crippen LogP contribution in [0, 0.1) is 0 Å². The summed E-state index contributed by atoms with van der Waals surface area (Å²) in [6.45, 7) is 5.99. The minimum Gasteiger partial charge on any atom is -0.497 e. The molecule has 0 aliphatic heterocycles. The highest BCUT2D eigenvalue weighted by Crippen LogP contribution is 2.27. The number of hydrogen-bond acceptors (Lipinski definition) is 5. The molecule has 4 nitrogen and oxygen atoms in total. The molecule has 2 heterocycles. The van der Waals surface area contributed by atoms with Gasteiger partial charge in [0.05, 0.1) is 18.1 Å². The summed E-state index contributed by atoms with van der Waals surface area (Å²) in [7, 11) is 1.64. The second-order valence-corrected chi connectivity index (χ2v) is 7.31. The molecular weight excluding hydrogens is 320 g/mol. The Morgan fingerprint density at radius 1 is 1.04 bits per heavy atom. The van der Waals surface area contributed by atoms with Crippen LogP contribution in [0.25, 0.3) is 23.2 Å². The van der Waals surface area contributed by atoms with Gasteiger partial charge in [0.1, 0.15) is 17.0 Å². The van der Waals surface area contributed by atoms with Gasteiger partial charge in [-0.2, -0.15) is 0 Å². The van der Waals surface area contributed by atoms with E-state index in [9.17, 15) is 0 Å². The summed E-state index contributed by atoms with van der Waals surface area (Å²) < 4.78 is 11.3. The topological polar surface area (TPSA) is 44.2 Å². The van der Waals surface area contributed by atoms with E-state index in [4.69, 9.17) is 14.5 Å².